The van der Waals surface area contributed by atoms with Crippen LogP contribution in [0.25, 0.3) is 0 Å². The zero-order valence-electron chi connectivity index (χ0n) is 62.0. The van der Waals surface area contributed by atoms with Crippen LogP contribution in [0.4, 0.5) is 0 Å². The Bertz CT molecular complexity index is 1840. The number of carbonyl (C=O) groups excluding carboxylic acids is 4. The number of aliphatic hydroxyl groups is 1. The predicted octanol–water partition coefficient (Wildman–Crippen LogP) is 22.3. The van der Waals surface area contributed by atoms with Crippen molar-refractivity contribution >= 4 is 39.5 Å². The van der Waals surface area contributed by atoms with E-state index in [1.165, 1.54) is 205 Å². The van der Waals surface area contributed by atoms with Crippen LogP contribution in [0, 0.1) is 11.8 Å². The zero-order chi connectivity index (χ0) is 70.0. The number of ether oxygens (including phenoxy) is 4. The minimum absolute atomic E-state index is 0.104. The molecule has 0 radical (unpaired) electrons. The molecule has 0 aromatic heterocycles. The van der Waals surface area contributed by atoms with Crippen LogP contribution in [0.3, 0.4) is 0 Å². The molecular weight excluding hydrogens is 1250 g/mol. The van der Waals surface area contributed by atoms with E-state index in [0.29, 0.717) is 25.7 Å². The minimum Gasteiger partial charge on any atom is -0.462 e. The average molecular weight is 1400 g/mol. The first-order chi connectivity index (χ1) is 45.9. The molecule has 0 fully saturated rings. The van der Waals surface area contributed by atoms with Gasteiger partial charge in [-0.15, -0.1) is 0 Å². The molecule has 19 heteroatoms. The molecule has 0 aromatic carbocycles. The molecule has 0 aliphatic rings. The predicted molar refractivity (Wildman–Crippen MR) is 386 cm³/mol. The van der Waals surface area contributed by atoms with E-state index in [4.69, 9.17) is 37.0 Å². The van der Waals surface area contributed by atoms with E-state index >= 15 is 0 Å². The number of rotatable bonds is 75. The van der Waals surface area contributed by atoms with Crippen molar-refractivity contribution in [3.05, 3.63) is 0 Å². The van der Waals surface area contributed by atoms with Gasteiger partial charge in [0.05, 0.1) is 26.4 Å². The largest absolute Gasteiger partial charge is 0.472 e. The van der Waals surface area contributed by atoms with E-state index in [0.717, 1.165) is 108 Å². The van der Waals surface area contributed by atoms with Crippen molar-refractivity contribution < 1.29 is 80.2 Å². The van der Waals surface area contributed by atoms with Gasteiger partial charge in [-0.05, 0) is 37.5 Å². The Morgan fingerprint density at radius 2 is 0.537 bits per heavy atom. The van der Waals surface area contributed by atoms with Gasteiger partial charge < -0.3 is 33.8 Å². The number of hydrogen-bond donors (Lipinski definition) is 3. The maximum atomic E-state index is 13.1. The number of esters is 4. The Morgan fingerprint density at radius 3 is 0.800 bits per heavy atom. The Morgan fingerprint density at radius 1 is 0.305 bits per heavy atom. The van der Waals surface area contributed by atoms with Crippen molar-refractivity contribution in [2.75, 3.05) is 39.6 Å². The second kappa shape index (κ2) is 67.9. The van der Waals surface area contributed by atoms with Gasteiger partial charge in [-0.1, -0.05) is 343 Å². The standard InChI is InChI=1S/C76H148O17P2/c1-7-10-12-14-15-16-17-18-19-20-21-22-23-24-25-30-33-36-42-48-54-60-75(80)93-72(65-87-74(79)59-53-47-41-35-32-29-27-26-28-31-34-39-45-50-56-68(4)5)67-91-95(84,85)89-63-70(77)62-88-94(82,83)90-66-71(64-86-73(78)58-52-44-13-11-8-2)92-76(81)61-55-49-43-38-37-40-46-51-57-69(6)9-3/h68-72,77H,7-67H2,1-6H3,(H,82,83)(H,84,85)/t69?,70-,71+,72+/m0/s1. The molecule has 0 saturated heterocycles. The van der Waals surface area contributed by atoms with Gasteiger partial charge in [-0.3, -0.25) is 37.3 Å². The molecule has 3 N–H and O–H groups in total. The third-order valence-corrected chi connectivity index (χ3v) is 20.0. The van der Waals surface area contributed by atoms with Crippen LogP contribution in [-0.2, 0) is 65.4 Å². The van der Waals surface area contributed by atoms with Gasteiger partial charge in [0.25, 0.3) is 0 Å². The van der Waals surface area contributed by atoms with E-state index in [1.807, 2.05) is 0 Å². The summed E-state index contributed by atoms with van der Waals surface area (Å²) in [5.74, 6) is -0.560. The van der Waals surface area contributed by atoms with Gasteiger partial charge in [0.2, 0.25) is 0 Å². The molecule has 0 aromatic rings. The van der Waals surface area contributed by atoms with Crippen LogP contribution in [0.5, 0.6) is 0 Å². The molecule has 0 rings (SSSR count). The number of aliphatic hydroxyl groups excluding tert-OH is 1. The highest BCUT2D eigenvalue weighted by Crippen LogP contribution is 2.45. The highest BCUT2D eigenvalue weighted by Gasteiger charge is 2.30. The second-order valence-corrected chi connectivity index (χ2v) is 31.0. The van der Waals surface area contributed by atoms with Crippen molar-refractivity contribution in [3.63, 3.8) is 0 Å². The second-order valence-electron chi connectivity index (χ2n) is 28.1. The summed E-state index contributed by atoms with van der Waals surface area (Å²) >= 11 is 0. The molecule has 564 valence electrons. The Balaban J connectivity index is 5.13. The molecule has 17 nitrogen and oxygen atoms in total. The molecular formula is C76H148O17P2. The molecule has 95 heavy (non-hydrogen) atoms. The van der Waals surface area contributed by atoms with E-state index in [1.54, 1.807) is 0 Å². The van der Waals surface area contributed by atoms with Gasteiger partial charge in [0.15, 0.2) is 12.2 Å². The zero-order valence-corrected chi connectivity index (χ0v) is 63.8. The monoisotopic (exact) mass is 1400 g/mol. The van der Waals surface area contributed by atoms with Crippen LogP contribution >= 0.6 is 15.6 Å². The first-order valence-corrected chi connectivity index (χ1v) is 42.5. The van der Waals surface area contributed by atoms with Gasteiger partial charge in [-0.2, -0.15) is 0 Å². The first-order valence-electron chi connectivity index (χ1n) is 39.5. The number of hydrogen-bond acceptors (Lipinski definition) is 15. The maximum Gasteiger partial charge on any atom is 0.472 e. The van der Waals surface area contributed by atoms with Gasteiger partial charge in [-0.25, -0.2) is 9.13 Å². The quantitative estimate of drug-likeness (QED) is 0.0222. The third-order valence-electron chi connectivity index (χ3n) is 18.1. The topological polar surface area (TPSA) is 237 Å². The van der Waals surface area contributed by atoms with E-state index < -0.39 is 97.5 Å². The number of phosphoric acid groups is 2. The summed E-state index contributed by atoms with van der Waals surface area (Å²) in [5.41, 5.74) is 0. The summed E-state index contributed by atoms with van der Waals surface area (Å²) in [7, 11) is -9.90. The minimum atomic E-state index is -4.96. The van der Waals surface area contributed by atoms with Crippen molar-refractivity contribution in [3.8, 4) is 0 Å². The fourth-order valence-corrected chi connectivity index (χ4v) is 13.2. The highest BCUT2D eigenvalue weighted by atomic mass is 31.2. The van der Waals surface area contributed by atoms with Crippen molar-refractivity contribution in [1.29, 1.82) is 0 Å². The van der Waals surface area contributed by atoms with Crippen molar-refractivity contribution in [2.45, 2.75) is 413 Å². The van der Waals surface area contributed by atoms with Gasteiger partial charge in [0, 0.05) is 25.7 Å². The smallest absolute Gasteiger partial charge is 0.462 e. The molecule has 0 bridgehead atoms. The number of carbonyl (C=O) groups is 4. The molecule has 0 heterocycles. The van der Waals surface area contributed by atoms with Crippen molar-refractivity contribution in [2.24, 2.45) is 11.8 Å². The lowest BCUT2D eigenvalue weighted by atomic mass is 9.99. The van der Waals surface area contributed by atoms with E-state index in [9.17, 15) is 43.2 Å². The van der Waals surface area contributed by atoms with Crippen LogP contribution in [-0.4, -0.2) is 96.7 Å². The number of phosphoric ester groups is 2. The van der Waals surface area contributed by atoms with Gasteiger partial charge in [0.1, 0.15) is 19.3 Å². The van der Waals surface area contributed by atoms with Crippen LogP contribution in [0.2, 0.25) is 0 Å². The van der Waals surface area contributed by atoms with Crippen molar-refractivity contribution in [1.82, 2.24) is 0 Å². The molecule has 0 spiro atoms. The lowest BCUT2D eigenvalue weighted by Crippen LogP contribution is -2.30. The van der Waals surface area contributed by atoms with Crippen LogP contribution in [0.15, 0.2) is 0 Å². The first kappa shape index (κ1) is 93.1. The van der Waals surface area contributed by atoms with E-state index in [2.05, 4.69) is 41.5 Å². The lowest BCUT2D eigenvalue weighted by molar-refractivity contribution is -0.161. The third kappa shape index (κ3) is 69.0. The fourth-order valence-electron chi connectivity index (χ4n) is 11.6. The summed E-state index contributed by atoms with van der Waals surface area (Å²) in [4.78, 5) is 72.5. The molecule has 0 saturated carbocycles. The average Bonchev–Trinajstić information content (AvgIpc) is 3.75. The Kier molecular flexibility index (Phi) is 66.5. The maximum absolute atomic E-state index is 13.1. The number of unbranched alkanes of at least 4 members (excludes halogenated alkanes) is 44. The highest BCUT2D eigenvalue weighted by molar-refractivity contribution is 7.47. The summed E-state index contributed by atoms with van der Waals surface area (Å²) in [6.07, 6.45) is 56.0. The summed E-state index contributed by atoms with van der Waals surface area (Å²) in [6.45, 7) is 9.52. The molecule has 3 unspecified atom stereocenters. The molecule has 0 aliphatic carbocycles. The summed E-state index contributed by atoms with van der Waals surface area (Å²) in [6, 6.07) is 0. The Hall–Kier alpha value is -1.94. The molecule has 0 aliphatic heterocycles. The van der Waals surface area contributed by atoms with Crippen LogP contribution in [0.1, 0.15) is 395 Å². The Labute approximate surface area is 581 Å². The summed E-state index contributed by atoms with van der Waals surface area (Å²) in [5, 5.41) is 10.6. The van der Waals surface area contributed by atoms with E-state index in [-0.39, 0.29) is 25.7 Å². The SMILES string of the molecule is CCCCCCCCCCCCCCCCCCCCCCCC(=O)O[C@H](COC(=O)CCCCCCCCCCCCCCCCC(C)C)COP(=O)(O)OC[C@@H](O)COP(=O)(O)OC[C@@H](COC(=O)CCCCCCC)OC(=O)CCCCCCCCCCC(C)CC. The molecule has 0 amide bonds. The summed E-state index contributed by atoms with van der Waals surface area (Å²) < 4.78 is 68.3. The lowest BCUT2D eigenvalue weighted by Gasteiger charge is -2.21. The van der Waals surface area contributed by atoms with Gasteiger partial charge >= 0.3 is 39.5 Å². The fraction of sp³-hybridized carbons (Fsp3) is 0.947. The van der Waals surface area contributed by atoms with Crippen LogP contribution < -0.4 is 0 Å². The molecule has 6 atom stereocenters. The normalized spacial score (nSPS) is 14.3.